The normalized spacial score (nSPS) is 13.2. The number of aryl methyl sites for hydroxylation is 1. The van der Waals surface area contributed by atoms with E-state index in [4.69, 9.17) is 9.47 Å². The van der Waals surface area contributed by atoms with Crippen molar-refractivity contribution < 1.29 is 9.47 Å². The first-order valence-corrected chi connectivity index (χ1v) is 7.86. The van der Waals surface area contributed by atoms with E-state index in [9.17, 15) is 0 Å². The lowest BCUT2D eigenvalue weighted by Gasteiger charge is -2.27. The van der Waals surface area contributed by atoms with Gasteiger partial charge in [0.15, 0.2) is 0 Å². The number of methoxy groups -OCH3 is 2. The molecule has 3 nitrogen and oxygen atoms in total. The molecule has 21 heavy (non-hydrogen) atoms. The third kappa shape index (κ3) is 5.68. The van der Waals surface area contributed by atoms with Gasteiger partial charge in [0.25, 0.3) is 0 Å². The molecule has 1 aromatic rings. The maximum Gasteiger partial charge on any atom is 0.121 e. The summed E-state index contributed by atoms with van der Waals surface area (Å²) in [6, 6.07) is 6.82. The third-order valence-electron chi connectivity index (χ3n) is 4.05. The first-order valence-electron chi connectivity index (χ1n) is 7.86. The molecule has 0 aliphatic heterocycles. The summed E-state index contributed by atoms with van der Waals surface area (Å²) in [5, 5.41) is 3.65. The molecule has 1 atom stereocenters. The second kappa shape index (κ2) is 8.40. The van der Waals surface area contributed by atoms with Gasteiger partial charge >= 0.3 is 0 Å². The van der Waals surface area contributed by atoms with Crippen LogP contribution in [0.5, 0.6) is 5.75 Å². The highest BCUT2D eigenvalue weighted by molar-refractivity contribution is 5.37. The Bertz CT molecular complexity index is 429. The minimum Gasteiger partial charge on any atom is -0.496 e. The minimum absolute atomic E-state index is 0.0757. The second-order valence-electron chi connectivity index (χ2n) is 6.24. The standard InChI is InChI=1S/C18H31NO2/c1-7-12-19-16(10-11-18(3,4)21-6)15-8-9-17(20-5)14(2)13-15/h8-9,13,16,19H,7,10-12H2,1-6H3. The number of rotatable bonds is 9. The molecule has 0 amide bonds. The van der Waals surface area contributed by atoms with E-state index in [1.807, 2.05) is 0 Å². The van der Waals surface area contributed by atoms with E-state index < -0.39 is 0 Å². The quantitative estimate of drug-likeness (QED) is 0.738. The van der Waals surface area contributed by atoms with Crippen molar-refractivity contribution in [1.29, 1.82) is 0 Å². The maximum absolute atomic E-state index is 5.54. The largest absolute Gasteiger partial charge is 0.496 e. The van der Waals surface area contributed by atoms with Crippen LogP contribution in [0.4, 0.5) is 0 Å². The van der Waals surface area contributed by atoms with Crippen LogP contribution in [0.15, 0.2) is 18.2 Å². The molecule has 1 N–H and O–H groups in total. The summed E-state index contributed by atoms with van der Waals surface area (Å²) in [5.74, 6) is 0.949. The Morgan fingerprint density at radius 1 is 1.24 bits per heavy atom. The summed E-state index contributed by atoms with van der Waals surface area (Å²) < 4.78 is 10.9. The van der Waals surface area contributed by atoms with Crippen LogP contribution in [-0.2, 0) is 4.74 Å². The van der Waals surface area contributed by atoms with Gasteiger partial charge in [-0.15, -0.1) is 0 Å². The number of hydrogen-bond donors (Lipinski definition) is 1. The van der Waals surface area contributed by atoms with Gasteiger partial charge in [-0.05, 0) is 63.8 Å². The van der Waals surface area contributed by atoms with Gasteiger partial charge in [-0.1, -0.05) is 19.1 Å². The molecule has 0 heterocycles. The van der Waals surface area contributed by atoms with Gasteiger partial charge in [0.2, 0.25) is 0 Å². The predicted molar refractivity (Wildman–Crippen MR) is 89.1 cm³/mol. The Kier molecular flexibility index (Phi) is 7.20. The van der Waals surface area contributed by atoms with Crippen LogP contribution in [0.3, 0.4) is 0 Å². The molecule has 0 fully saturated rings. The fourth-order valence-corrected chi connectivity index (χ4v) is 2.42. The van der Waals surface area contributed by atoms with Crippen molar-refractivity contribution in [2.45, 2.75) is 58.6 Å². The van der Waals surface area contributed by atoms with Crippen molar-refractivity contribution in [3.63, 3.8) is 0 Å². The molecule has 1 unspecified atom stereocenters. The summed E-state index contributed by atoms with van der Waals surface area (Å²) in [6.07, 6.45) is 3.22. The van der Waals surface area contributed by atoms with Crippen LogP contribution in [0.25, 0.3) is 0 Å². The van der Waals surface area contributed by atoms with E-state index in [0.717, 1.165) is 31.6 Å². The van der Waals surface area contributed by atoms with Crippen molar-refractivity contribution in [2.75, 3.05) is 20.8 Å². The number of nitrogens with one attached hydrogen (secondary N) is 1. The summed E-state index contributed by atoms with van der Waals surface area (Å²) in [4.78, 5) is 0. The van der Waals surface area contributed by atoms with E-state index in [1.54, 1.807) is 14.2 Å². The molecule has 0 saturated heterocycles. The summed E-state index contributed by atoms with van der Waals surface area (Å²) >= 11 is 0. The van der Waals surface area contributed by atoms with Crippen LogP contribution in [0.1, 0.15) is 57.2 Å². The minimum atomic E-state index is -0.0757. The van der Waals surface area contributed by atoms with Crippen molar-refractivity contribution in [3.8, 4) is 5.75 Å². The van der Waals surface area contributed by atoms with Gasteiger partial charge in [0.1, 0.15) is 5.75 Å². The van der Waals surface area contributed by atoms with Crippen LogP contribution >= 0.6 is 0 Å². The highest BCUT2D eigenvalue weighted by Gasteiger charge is 2.20. The van der Waals surface area contributed by atoms with Gasteiger partial charge in [0, 0.05) is 13.2 Å². The lowest BCUT2D eigenvalue weighted by atomic mass is 9.94. The zero-order valence-electron chi connectivity index (χ0n) is 14.5. The molecule has 0 bridgehead atoms. The predicted octanol–water partition coefficient (Wildman–Crippen LogP) is 4.25. The van der Waals surface area contributed by atoms with Crippen molar-refractivity contribution >= 4 is 0 Å². The lowest BCUT2D eigenvalue weighted by molar-refractivity contribution is 0.0117. The first-order chi connectivity index (χ1) is 9.93. The van der Waals surface area contributed by atoms with Gasteiger partial charge < -0.3 is 14.8 Å². The van der Waals surface area contributed by atoms with Crippen LogP contribution in [0.2, 0.25) is 0 Å². The van der Waals surface area contributed by atoms with Crippen LogP contribution < -0.4 is 10.1 Å². The van der Waals surface area contributed by atoms with Gasteiger partial charge in [-0.2, -0.15) is 0 Å². The number of benzene rings is 1. The Labute approximate surface area is 130 Å². The van der Waals surface area contributed by atoms with E-state index in [-0.39, 0.29) is 5.60 Å². The fourth-order valence-electron chi connectivity index (χ4n) is 2.42. The smallest absolute Gasteiger partial charge is 0.121 e. The average molecular weight is 293 g/mol. The lowest BCUT2D eigenvalue weighted by Crippen LogP contribution is -2.28. The molecular formula is C18H31NO2. The van der Waals surface area contributed by atoms with Crippen molar-refractivity contribution in [1.82, 2.24) is 5.32 Å². The average Bonchev–Trinajstić information content (AvgIpc) is 2.47. The highest BCUT2D eigenvalue weighted by Crippen LogP contribution is 2.28. The van der Waals surface area contributed by atoms with E-state index in [1.165, 1.54) is 11.1 Å². The van der Waals surface area contributed by atoms with Gasteiger partial charge in [-0.3, -0.25) is 0 Å². The molecule has 1 aromatic carbocycles. The van der Waals surface area contributed by atoms with Gasteiger partial charge in [0.05, 0.1) is 12.7 Å². The molecule has 0 saturated carbocycles. The maximum atomic E-state index is 5.54. The monoisotopic (exact) mass is 293 g/mol. The molecule has 0 aliphatic rings. The molecule has 120 valence electrons. The Morgan fingerprint density at radius 3 is 2.48 bits per heavy atom. The van der Waals surface area contributed by atoms with Crippen molar-refractivity contribution in [2.24, 2.45) is 0 Å². The highest BCUT2D eigenvalue weighted by atomic mass is 16.5. The molecule has 1 rings (SSSR count). The fraction of sp³-hybridized carbons (Fsp3) is 0.667. The van der Waals surface area contributed by atoms with E-state index in [0.29, 0.717) is 6.04 Å². The third-order valence-corrected chi connectivity index (χ3v) is 4.05. The van der Waals surface area contributed by atoms with Crippen molar-refractivity contribution in [3.05, 3.63) is 29.3 Å². The topological polar surface area (TPSA) is 30.5 Å². The Hall–Kier alpha value is -1.06. The van der Waals surface area contributed by atoms with Crippen LogP contribution in [-0.4, -0.2) is 26.4 Å². The summed E-state index contributed by atoms with van der Waals surface area (Å²) in [6.45, 7) is 9.61. The zero-order chi connectivity index (χ0) is 15.9. The van der Waals surface area contributed by atoms with E-state index in [2.05, 4.69) is 51.2 Å². The van der Waals surface area contributed by atoms with Crippen LogP contribution in [0, 0.1) is 6.92 Å². The SMILES string of the molecule is CCCNC(CCC(C)(C)OC)c1ccc(OC)c(C)c1. The second-order valence-corrected chi connectivity index (χ2v) is 6.24. The molecule has 0 radical (unpaired) electrons. The number of hydrogen-bond acceptors (Lipinski definition) is 3. The molecular weight excluding hydrogens is 262 g/mol. The molecule has 0 aliphatic carbocycles. The van der Waals surface area contributed by atoms with E-state index >= 15 is 0 Å². The molecule has 0 aromatic heterocycles. The number of ether oxygens (including phenoxy) is 2. The molecule has 3 heteroatoms. The zero-order valence-corrected chi connectivity index (χ0v) is 14.5. The summed E-state index contributed by atoms with van der Waals surface area (Å²) in [5.41, 5.74) is 2.44. The van der Waals surface area contributed by atoms with Gasteiger partial charge in [-0.25, -0.2) is 0 Å². The first kappa shape index (κ1) is 18.0. The molecule has 0 spiro atoms. The summed E-state index contributed by atoms with van der Waals surface area (Å²) in [7, 11) is 3.50. The Balaban J connectivity index is 2.83. The Morgan fingerprint density at radius 2 is 1.95 bits per heavy atom.